The van der Waals surface area contributed by atoms with E-state index in [1.165, 1.54) is 30.3 Å². The molecule has 1 saturated carbocycles. The third-order valence-corrected chi connectivity index (χ3v) is 20.8. The summed E-state index contributed by atoms with van der Waals surface area (Å²) in [6.45, 7) is 17.8. The maximum absolute atomic E-state index is 14.8. The molecule has 0 radical (unpaired) electrons. The largest absolute Gasteiger partial charge is 0.477 e. The normalized spacial score (nSPS) is 19.9. The fourth-order valence-corrected chi connectivity index (χ4v) is 14.4. The number of nitrogens with one attached hydrogen (secondary N) is 4. The predicted molar refractivity (Wildman–Crippen MR) is 398 cm³/mol. The Morgan fingerprint density at radius 3 is 1.26 bits per heavy atom. The number of hydrogen-bond acceptors (Lipinski definition) is 17. The Balaban J connectivity index is 0.000000140. The number of β-amino-alcohol motifs (C(OH)–C–C–N with tert-alkyl or cyclic N) is 2. The minimum atomic E-state index is -1.30. The van der Waals surface area contributed by atoms with E-state index in [9.17, 15) is 53.0 Å². The van der Waals surface area contributed by atoms with Gasteiger partial charge in [-0.05, 0) is 188 Å². The summed E-state index contributed by atoms with van der Waals surface area (Å²) in [5, 5.41) is 64.9. The zero-order valence-corrected chi connectivity index (χ0v) is 59.3. The molecule has 0 amide bonds. The van der Waals surface area contributed by atoms with Crippen molar-refractivity contribution in [2.24, 2.45) is 17.6 Å². The Bertz CT molecular complexity index is 4950. The highest BCUT2D eigenvalue weighted by Gasteiger charge is 2.53. The van der Waals surface area contributed by atoms with Crippen LogP contribution in [0.5, 0.6) is 0 Å². The number of halogens is 1. The summed E-state index contributed by atoms with van der Waals surface area (Å²) >= 11 is 0. The van der Waals surface area contributed by atoms with E-state index in [2.05, 4.69) is 49.8 Å². The number of nitrogens with zero attached hydrogens (tertiary/aromatic N) is 7. The summed E-state index contributed by atoms with van der Waals surface area (Å²) in [6.07, 6.45) is 9.15. The van der Waals surface area contributed by atoms with E-state index >= 15 is 0 Å². The predicted octanol–water partition coefficient (Wildman–Crippen LogP) is 9.10. The van der Waals surface area contributed by atoms with Gasteiger partial charge in [0.05, 0.1) is 46.2 Å². The van der Waals surface area contributed by atoms with Crippen molar-refractivity contribution in [1.29, 1.82) is 0 Å². The standard InChI is InChI=1S/C20H21N5O3.C20H24N2O4.C19H20FN3O3.C19H22N2O4/c1-2-13-11-17(20(27)28)19(26)22-18(13)14-3-5-15(6-4-14)24-9-7-16(12-24)25-10-8-21-23-25;1-3-13-11-16(19(24)25)18(23)21-17(13)14-5-7-15(8-6-14)22-10-9-20(26,4-2)12-22;1-2-9-5-12(19(25)26)18(24)22-17(9)11-4-3-10(6-15(11)20)23-7-13-14(8-23)16(13)21;1-3-12-10-15(18(23)24)17(22)20-16(12)13-4-6-14(7-5-13)21-9-8-19(2,25)11-21/h3-6,8,10-11,16H,2,7,9,12H2,1H3,(H,22,26)(H,27,28);5-8,11,26H,3-4,9-10,12H2,1-2H3,(H,21,23)(H,24,25);3-6,13-14,16H,2,7-8,21H2,1H3,(H,22,24)(H,25,26);4-7,10,25H,3,8-9,11H2,1-2H3,(H,20,22)(H,23,24)/t;;13-,14+,16?;. The number of carboxylic acids is 4. The lowest BCUT2D eigenvalue weighted by atomic mass is 10.0. The van der Waals surface area contributed by atoms with Crippen LogP contribution in [0.3, 0.4) is 0 Å². The van der Waals surface area contributed by atoms with Gasteiger partial charge in [0.25, 0.3) is 22.2 Å². The van der Waals surface area contributed by atoms with Gasteiger partial charge in [0.1, 0.15) is 28.1 Å². The number of H-pyrrole nitrogens is 4. The van der Waals surface area contributed by atoms with Crippen molar-refractivity contribution >= 4 is 46.6 Å². The summed E-state index contributed by atoms with van der Waals surface area (Å²) < 4.78 is 16.7. The molecule has 5 aromatic heterocycles. The van der Waals surface area contributed by atoms with Crippen molar-refractivity contribution in [2.45, 2.75) is 116 Å². The van der Waals surface area contributed by atoms with Gasteiger partial charge in [-0.1, -0.05) is 76.2 Å². The molecule has 0 bridgehead atoms. The molecule has 4 aliphatic heterocycles. The topological polar surface area (TPSA) is 391 Å². The number of aryl methyl sites for hydroxylation is 4. The first-order valence-corrected chi connectivity index (χ1v) is 35.3. The second-order valence-corrected chi connectivity index (χ2v) is 27.6. The average molecular weight is 1440 g/mol. The van der Waals surface area contributed by atoms with Gasteiger partial charge >= 0.3 is 23.9 Å². The van der Waals surface area contributed by atoms with Gasteiger partial charge < -0.3 is 75.9 Å². The molecular formula is C78H87FN12O14. The van der Waals surface area contributed by atoms with Crippen LogP contribution in [0, 0.1) is 17.7 Å². The van der Waals surface area contributed by atoms with Crippen molar-refractivity contribution in [3.63, 3.8) is 0 Å². The van der Waals surface area contributed by atoms with Gasteiger partial charge in [-0.25, -0.2) is 28.3 Å². The number of nitrogens with two attached hydrogens (primary N) is 1. The van der Waals surface area contributed by atoms with Crippen LogP contribution in [0.15, 0.2) is 147 Å². The van der Waals surface area contributed by atoms with Gasteiger partial charge in [0, 0.05) is 92.9 Å². The number of hydrogen-bond donors (Lipinski definition) is 11. The van der Waals surface area contributed by atoms with Crippen molar-refractivity contribution in [2.75, 3.05) is 72.0 Å². The number of aromatic nitrogens is 7. The summed E-state index contributed by atoms with van der Waals surface area (Å²) in [6, 6.07) is 34.7. The lowest BCUT2D eigenvalue weighted by Gasteiger charge is -2.23. The number of anilines is 4. The number of carbonyl (C=O) groups is 4. The number of aliphatic hydroxyl groups is 2. The smallest absolute Gasteiger partial charge is 0.341 e. The SMILES string of the molecule is CCc1cc(C(=O)O)c(=O)[nH]c1-c1ccc(N2CCC(C)(O)C2)cc1.CCc1cc(C(=O)O)c(=O)[nH]c1-c1ccc(N2CCC(O)(CC)C2)cc1.CCc1cc(C(=O)O)c(=O)[nH]c1-c1ccc(N2CCC(n3ccnn3)C2)cc1.CCc1cc(C(=O)O)c(=O)[nH]c1-c1ccc(N2C[C@@H]3C(N)[C@@H]3C2)cc1F. The molecule has 14 rings (SSSR count). The Morgan fingerprint density at radius 2 is 0.895 bits per heavy atom. The van der Waals surface area contributed by atoms with Gasteiger partial charge in [0.2, 0.25) is 0 Å². The number of aromatic carboxylic acids is 4. The number of aromatic amines is 4. The van der Waals surface area contributed by atoms with Crippen LogP contribution < -0.4 is 47.6 Å². The molecule has 1 aliphatic carbocycles. The molecule has 4 saturated heterocycles. The maximum atomic E-state index is 14.8. The molecule has 5 fully saturated rings. The number of piperidine rings is 1. The number of rotatable bonds is 18. The molecule has 27 heteroatoms. The van der Waals surface area contributed by atoms with Crippen LogP contribution in [0.4, 0.5) is 27.1 Å². The van der Waals surface area contributed by atoms with E-state index in [1.807, 2.05) is 131 Å². The number of fused-ring (bicyclic) bond motifs is 1. The van der Waals surface area contributed by atoms with Gasteiger partial charge in [-0.3, -0.25) is 19.2 Å². The van der Waals surface area contributed by atoms with Crippen LogP contribution in [-0.2, 0) is 25.7 Å². The fourth-order valence-electron chi connectivity index (χ4n) is 14.4. The fraction of sp³-hybridized carbons (Fsp3) is 0.359. The molecule has 5 aliphatic rings. The molecule has 6 atom stereocenters. The first-order chi connectivity index (χ1) is 50.1. The van der Waals surface area contributed by atoms with E-state index < -0.39 is 63.1 Å². The zero-order valence-electron chi connectivity index (χ0n) is 59.3. The van der Waals surface area contributed by atoms with Crippen molar-refractivity contribution in [1.82, 2.24) is 34.9 Å². The highest BCUT2D eigenvalue weighted by molar-refractivity contribution is 5.90. The molecule has 26 nitrogen and oxygen atoms in total. The highest BCUT2D eigenvalue weighted by Crippen LogP contribution is 2.46. The zero-order chi connectivity index (χ0) is 75.3. The van der Waals surface area contributed by atoms with Crippen LogP contribution in [0.2, 0.25) is 0 Å². The van der Waals surface area contributed by atoms with Crippen molar-refractivity contribution in [3.8, 4) is 45.0 Å². The van der Waals surface area contributed by atoms with Crippen molar-refractivity contribution < 1.29 is 54.2 Å². The number of carboxylic acid groups (broad SMARTS) is 4. The van der Waals surface area contributed by atoms with Gasteiger partial charge in [-0.2, -0.15) is 0 Å². The van der Waals surface area contributed by atoms with Crippen LogP contribution in [0.25, 0.3) is 45.0 Å². The van der Waals surface area contributed by atoms with Crippen LogP contribution in [0.1, 0.15) is 137 Å². The maximum Gasteiger partial charge on any atom is 0.341 e. The Labute approximate surface area is 603 Å². The average Bonchev–Trinajstić information content (AvgIpc) is 1.59. The minimum absolute atomic E-state index is 0.228. The molecular weight excluding hydrogens is 1350 g/mol. The van der Waals surface area contributed by atoms with Crippen LogP contribution in [-0.4, -0.2) is 159 Å². The lowest BCUT2D eigenvalue weighted by Crippen LogP contribution is -2.32. The summed E-state index contributed by atoms with van der Waals surface area (Å²) in [7, 11) is 0. The van der Waals surface area contributed by atoms with E-state index in [4.69, 9.17) is 26.2 Å². The molecule has 0 spiro atoms. The molecule has 4 unspecified atom stereocenters. The molecule has 9 heterocycles. The van der Waals surface area contributed by atoms with E-state index in [0.29, 0.717) is 85.0 Å². The molecule has 9 aromatic rings. The van der Waals surface area contributed by atoms with Gasteiger partial charge in [0.15, 0.2) is 0 Å². The summed E-state index contributed by atoms with van der Waals surface area (Å²) in [4.78, 5) is 112. The Kier molecular flexibility index (Phi) is 22.4. The molecule has 550 valence electrons. The van der Waals surface area contributed by atoms with E-state index in [-0.39, 0.29) is 33.9 Å². The van der Waals surface area contributed by atoms with E-state index in [0.717, 1.165) is 121 Å². The van der Waals surface area contributed by atoms with Gasteiger partial charge in [-0.15, -0.1) is 5.10 Å². The Morgan fingerprint density at radius 1 is 0.505 bits per heavy atom. The third-order valence-electron chi connectivity index (χ3n) is 20.8. The lowest BCUT2D eigenvalue weighted by molar-refractivity contribution is 0.0592. The first kappa shape index (κ1) is 74.9. The first-order valence-electron chi connectivity index (χ1n) is 35.3. The number of benzene rings is 4. The molecule has 4 aromatic carbocycles. The van der Waals surface area contributed by atoms with E-state index in [1.54, 1.807) is 12.3 Å². The summed E-state index contributed by atoms with van der Waals surface area (Å²) in [5.74, 6) is -4.39. The highest BCUT2D eigenvalue weighted by atomic mass is 19.1. The second-order valence-electron chi connectivity index (χ2n) is 27.6. The summed E-state index contributed by atoms with van der Waals surface area (Å²) in [5.41, 5.74) is 13.1. The van der Waals surface area contributed by atoms with Crippen molar-refractivity contribution in [3.05, 3.63) is 219 Å². The molecule has 105 heavy (non-hydrogen) atoms. The quantitative estimate of drug-likeness (QED) is 0.0381. The minimum Gasteiger partial charge on any atom is -0.477 e. The van der Waals surface area contributed by atoms with Crippen LogP contribution >= 0.6 is 0 Å². The Hall–Kier alpha value is -11.3. The third kappa shape index (κ3) is 16.5. The molecule has 12 N–H and O–H groups in total. The number of pyridine rings is 4. The monoisotopic (exact) mass is 1430 g/mol. The second kappa shape index (κ2) is 31.4.